The van der Waals surface area contributed by atoms with Gasteiger partial charge >= 0.3 is 0 Å². The highest BCUT2D eigenvalue weighted by Crippen LogP contribution is 2.19. The van der Waals surface area contributed by atoms with Gasteiger partial charge in [-0.25, -0.2) is 30.7 Å². The molecule has 0 unspecified atom stereocenters. The van der Waals surface area contributed by atoms with Crippen LogP contribution >= 0.6 is 0 Å². The molecule has 0 aromatic heterocycles. The second-order valence-electron chi connectivity index (χ2n) is 5.26. The molecule has 0 aliphatic carbocycles. The summed E-state index contributed by atoms with van der Waals surface area (Å²) in [5.74, 6) is -0.738. The lowest BCUT2D eigenvalue weighted by Gasteiger charge is -2.25. The smallest absolute Gasteiger partial charge is 0.242 e. The van der Waals surface area contributed by atoms with E-state index in [4.69, 9.17) is 5.73 Å². The molecular formula is C11H18FN3O4S2. The molecular weight excluding hydrogens is 321 g/mol. The highest BCUT2D eigenvalue weighted by Gasteiger charge is 2.26. The summed E-state index contributed by atoms with van der Waals surface area (Å²) >= 11 is 0. The molecule has 0 amide bonds. The Morgan fingerprint density at radius 3 is 2.33 bits per heavy atom. The topological polar surface area (TPSA) is 118 Å². The van der Waals surface area contributed by atoms with Crippen LogP contribution in [0.3, 0.4) is 0 Å². The van der Waals surface area contributed by atoms with Crippen LogP contribution in [0, 0.1) is 5.82 Å². The van der Waals surface area contributed by atoms with Crippen LogP contribution < -0.4 is 15.2 Å². The van der Waals surface area contributed by atoms with E-state index in [0.717, 1.165) is 24.5 Å². The number of hydrogen-bond acceptors (Lipinski definition) is 5. The first kappa shape index (κ1) is 17.8. The Balaban J connectivity index is 2.94. The van der Waals surface area contributed by atoms with Gasteiger partial charge in [0.2, 0.25) is 20.0 Å². The Morgan fingerprint density at radius 2 is 1.81 bits per heavy atom. The number of rotatable bonds is 6. The van der Waals surface area contributed by atoms with Crippen molar-refractivity contribution < 1.29 is 21.2 Å². The quantitative estimate of drug-likeness (QED) is 0.631. The predicted octanol–water partition coefficient (Wildman–Crippen LogP) is 0.0140. The third-order valence-corrected chi connectivity index (χ3v) is 4.81. The van der Waals surface area contributed by atoms with Crippen molar-refractivity contribution >= 4 is 25.7 Å². The molecule has 1 aromatic rings. The Hall–Kier alpha value is -1.23. The highest BCUT2D eigenvalue weighted by atomic mass is 32.2. The van der Waals surface area contributed by atoms with Crippen LogP contribution in [-0.4, -0.2) is 35.2 Å². The van der Waals surface area contributed by atoms with Crippen molar-refractivity contribution in [2.45, 2.75) is 24.3 Å². The summed E-state index contributed by atoms with van der Waals surface area (Å²) in [6, 6.07) is 2.99. The van der Waals surface area contributed by atoms with Crippen LogP contribution in [0.15, 0.2) is 23.1 Å². The zero-order valence-electron chi connectivity index (χ0n) is 11.8. The van der Waals surface area contributed by atoms with Crippen LogP contribution in [-0.2, 0) is 20.0 Å². The second kappa shape index (κ2) is 5.87. The standard InChI is InChI=1S/C11H18FN3O4S2/c1-11(2,15-20(3,16)17)7-14-21(18,19)10-6-8(12)4-5-9(10)13/h4-6,14-15H,7,13H2,1-3H3. The molecule has 1 rings (SSSR count). The molecule has 0 heterocycles. The fourth-order valence-corrected chi connectivity index (χ4v) is 4.06. The molecule has 0 aliphatic heterocycles. The lowest BCUT2D eigenvalue weighted by molar-refractivity contribution is 0.446. The molecule has 7 nitrogen and oxygen atoms in total. The van der Waals surface area contributed by atoms with E-state index in [9.17, 15) is 21.2 Å². The summed E-state index contributed by atoms with van der Waals surface area (Å²) in [6.07, 6.45) is 0.966. The van der Waals surface area contributed by atoms with Crippen molar-refractivity contribution in [2.24, 2.45) is 0 Å². The number of nitrogen functional groups attached to an aromatic ring is 1. The maximum absolute atomic E-state index is 13.1. The molecule has 0 saturated carbocycles. The van der Waals surface area contributed by atoms with Gasteiger partial charge < -0.3 is 5.73 Å². The number of nitrogens with two attached hydrogens (primary N) is 1. The number of nitrogens with one attached hydrogen (secondary N) is 2. The van der Waals surface area contributed by atoms with Gasteiger partial charge in [-0.2, -0.15) is 0 Å². The van der Waals surface area contributed by atoms with Crippen LogP contribution in [0.5, 0.6) is 0 Å². The van der Waals surface area contributed by atoms with Crippen molar-refractivity contribution in [2.75, 3.05) is 18.5 Å². The van der Waals surface area contributed by atoms with Gasteiger partial charge in [-0.3, -0.25) is 0 Å². The molecule has 4 N–H and O–H groups in total. The van der Waals surface area contributed by atoms with E-state index >= 15 is 0 Å². The van der Waals surface area contributed by atoms with Gasteiger partial charge in [0.15, 0.2) is 0 Å². The minimum atomic E-state index is -4.05. The molecule has 0 atom stereocenters. The molecule has 0 spiro atoms. The van der Waals surface area contributed by atoms with E-state index in [1.54, 1.807) is 0 Å². The predicted molar refractivity (Wildman–Crippen MR) is 78.1 cm³/mol. The Kier molecular flexibility index (Phi) is 4.98. The SMILES string of the molecule is CC(C)(CNS(=O)(=O)c1cc(F)ccc1N)NS(C)(=O)=O. The molecule has 0 radical (unpaired) electrons. The average molecular weight is 339 g/mol. The maximum atomic E-state index is 13.1. The zero-order valence-corrected chi connectivity index (χ0v) is 13.5. The van der Waals surface area contributed by atoms with Gasteiger partial charge in [0, 0.05) is 12.1 Å². The van der Waals surface area contributed by atoms with Gasteiger partial charge in [0.1, 0.15) is 10.7 Å². The third kappa shape index (κ3) is 5.58. The summed E-state index contributed by atoms with van der Waals surface area (Å²) in [6.45, 7) is 2.79. The summed E-state index contributed by atoms with van der Waals surface area (Å²) in [5.41, 5.74) is 4.37. The number of halogens is 1. The lowest BCUT2D eigenvalue weighted by atomic mass is 10.1. The van der Waals surface area contributed by atoms with E-state index in [2.05, 4.69) is 9.44 Å². The Labute approximate surface area is 123 Å². The normalized spacial score (nSPS) is 13.3. The zero-order chi connectivity index (χ0) is 16.5. The summed E-state index contributed by atoms with van der Waals surface area (Å²) < 4.78 is 64.2. The Bertz CT molecular complexity index is 730. The molecule has 0 saturated heterocycles. The van der Waals surface area contributed by atoms with Crippen LogP contribution in [0.2, 0.25) is 0 Å². The summed E-state index contributed by atoms with van der Waals surface area (Å²) in [4.78, 5) is -0.391. The molecule has 0 aliphatic rings. The van der Waals surface area contributed by atoms with E-state index in [0.29, 0.717) is 0 Å². The van der Waals surface area contributed by atoms with E-state index in [1.165, 1.54) is 13.8 Å². The minimum absolute atomic E-state index is 0.0993. The van der Waals surface area contributed by atoms with Crippen LogP contribution in [0.4, 0.5) is 10.1 Å². The van der Waals surface area contributed by atoms with Crippen LogP contribution in [0.25, 0.3) is 0 Å². The number of benzene rings is 1. The molecule has 10 heteroatoms. The van der Waals surface area contributed by atoms with Crippen molar-refractivity contribution in [3.05, 3.63) is 24.0 Å². The third-order valence-electron chi connectivity index (χ3n) is 2.43. The van der Waals surface area contributed by atoms with Gasteiger partial charge in [-0.1, -0.05) is 0 Å². The van der Waals surface area contributed by atoms with Crippen molar-refractivity contribution in [1.82, 2.24) is 9.44 Å². The first-order valence-electron chi connectivity index (χ1n) is 5.86. The van der Waals surface area contributed by atoms with Crippen LogP contribution in [0.1, 0.15) is 13.8 Å². The van der Waals surface area contributed by atoms with Gasteiger partial charge in [-0.15, -0.1) is 0 Å². The fraction of sp³-hybridized carbons (Fsp3) is 0.455. The lowest BCUT2D eigenvalue weighted by Crippen LogP contribution is -2.50. The van der Waals surface area contributed by atoms with Crippen molar-refractivity contribution in [3.63, 3.8) is 0 Å². The first-order chi connectivity index (χ1) is 9.32. The fourth-order valence-electron chi connectivity index (χ4n) is 1.63. The van der Waals surface area contributed by atoms with Gasteiger partial charge in [0.25, 0.3) is 0 Å². The van der Waals surface area contributed by atoms with E-state index in [-0.39, 0.29) is 12.2 Å². The number of hydrogen-bond donors (Lipinski definition) is 3. The van der Waals surface area contributed by atoms with Crippen molar-refractivity contribution in [3.8, 4) is 0 Å². The summed E-state index contributed by atoms with van der Waals surface area (Å²) in [5, 5.41) is 0. The maximum Gasteiger partial charge on any atom is 0.242 e. The summed E-state index contributed by atoms with van der Waals surface area (Å²) in [7, 11) is -7.55. The number of anilines is 1. The average Bonchev–Trinajstić information content (AvgIpc) is 2.27. The number of sulfonamides is 2. The first-order valence-corrected chi connectivity index (χ1v) is 9.23. The van der Waals surface area contributed by atoms with Crippen molar-refractivity contribution in [1.29, 1.82) is 0 Å². The van der Waals surface area contributed by atoms with E-state index in [1.807, 2.05) is 0 Å². The van der Waals surface area contributed by atoms with Gasteiger partial charge in [-0.05, 0) is 32.0 Å². The Morgan fingerprint density at radius 1 is 1.24 bits per heavy atom. The minimum Gasteiger partial charge on any atom is -0.398 e. The monoisotopic (exact) mass is 339 g/mol. The van der Waals surface area contributed by atoms with Gasteiger partial charge in [0.05, 0.1) is 11.9 Å². The highest BCUT2D eigenvalue weighted by molar-refractivity contribution is 7.89. The second-order valence-corrected chi connectivity index (χ2v) is 8.75. The molecule has 0 bridgehead atoms. The van der Waals surface area contributed by atoms with E-state index < -0.39 is 36.3 Å². The molecule has 1 aromatic carbocycles. The molecule has 120 valence electrons. The largest absolute Gasteiger partial charge is 0.398 e. The molecule has 21 heavy (non-hydrogen) atoms. The molecule has 0 fully saturated rings.